The topological polar surface area (TPSA) is 50.8 Å². The fourth-order valence-electron chi connectivity index (χ4n) is 2.12. The molecule has 0 aromatic heterocycles. The maximum atomic E-state index is 11.7. The number of nitrogens with zero attached hydrogens (tertiary/aromatic N) is 1. The molecule has 2 unspecified atom stereocenters. The quantitative estimate of drug-likeness (QED) is 0.680. The third-order valence-electron chi connectivity index (χ3n) is 2.71. The van der Waals surface area contributed by atoms with Crippen molar-refractivity contribution in [1.29, 1.82) is 0 Å². The highest BCUT2D eigenvalue weighted by Crippen LogP contribution is 2.09. The molecule has 1 heterocycles. The van der Waals surface area contributed by atoms with E-state index in [0.29, 0.717) is 19.7 Å². The van der Waals surface area contributed by atoms with Gasteiger partial charge in [0.05, 0.1) is 18.8 Å². The summed E-state index contributed by atoms with van der Waals surface area (Å²) in [6.45, 7) is 7.57. The largest absolute Gasteiger partial charge is 0.385 e. The molecular formula is C12H24N2O3. The van der Waals surface area contributed by atoms with E-state index in [1.807, 2.05) is 13.8 Å². The molecule has 100 valence electrons. The Morgan fingerprint density at radius 1 is 1.41 bits per heavy atom. The summed E-state index contributed by atoms with van der Waals surface area (Å²) in [4.78, 5) is 13.8. The van der Waals surface area contributed by atoms with E-state index in [1.165, 1.54) is 0 Å². The molecule has 5 heteroatoms. The van der Waals surface area contributed by atoms with Crippen molar-refractivity contribution in [3.8, 4) is 0 Å². The lowest BCUT2D eigenvalue weighted by atomic mass is 10.2. The fraction of sp³-hybridized carbons (Fsp3) is 0.917. The van der Waals surface area contributed by atoms with E-state index < -0.39 is 0 Å². The van der Waals surface area contributed by atoms with Crippen LogP contribution in [-0.4, -0.2) is 62.9 Å². The first-order valence-corrected chi connectivity index (χ1v) is 6.25. The van der Waals surface area contributed by atoms with Crippen LogP contribution >= 0.6 is 0 Å². The van der Waals surface area contributed by atoms with Gasteiger partial charge in [-0.2, -0.15) is 0 Å². The summed E-state index contributed by atoms with van der Waals surface area (Å²) < 4.78 is 10.5. The van der Waals surface area contributed by atoms with Gasteiger partial charge >= 0.3 is 0 Å². The van der Waals surface area contributed by atoms with E-state index in [0.717, 1.165) is 19.5 Å². The van der Waals surface area contributed by atoms with E-state index in [-0.39, 0.29) is 18.1 Å². The third-order valence-corrected chi connectivity index (χ3v) is 2.71. The number of nitrogens with one attached hydrogen (secondary N) is 1. The highest BCUT2D eigenvalue weighted by Gasteiger charge is 2.23. The lowest BCUT2D eigenvalue weighted by Gasteiger charge is -2.34. The maximum Gasteiger partial charge on any atom is 0.234 e. The summed E-state index contributed by atoms with van der Waals surface area (Å²) in [6, 6.07) is 0. The molecule has 17 heavy (non-hydrogen) atoms. The highest BCUT2D eigenvalue weighted by molar-refractivity contribution is 5.77. The van der Waals surface area contributed by atoms with E-state index in [2.05, 4.69) is 10.2 Å². The number of hydrogen-bond donors (Lipinski definition) is 1. The standard InChI is InChI=1S/C12H24N2O3/c1-10-7-14(8-11(2)17-10)9-12(15)13-5-4-6-16-3/h10-11H,4-9H2,1-3H3,(H,13,15). The average molecular weight is 244 g/mol. The molecule has 0 aromatic carbocycles. The molecule has 0 saturated carbocycles. The zero-order chi connectivity index (χ0) is 12.7. The number of carbonyl (C=O) groups excluding carboxylic acids is 1. The Kier molecular flexibility index (Phi) is 6.47. The van der Waals surface area contributed by atoms with Gasteiger partial charge in [-0.3, -0.25) is 9.69 Å². The molecule has 1 N–H and O–H groups in total. The second-order valence-electron chi connectivity index (χ2n) is 4.65. The van der Waals surface area contributed by atoms with Crippen molar-refractivity contribution in [2.45, 2.75) is 32.5 Å². The zero-order valence-electron chi connectivity index (χ0n) is 11.1. The number of methoxy groups -OCH3 is 1. The van der Waals surface area contributed by atoms with Crippen molar-refractivity contribution in [1.82, 2.24) is 10.2 Å². The van der Waals surface area contributed by atoms with Crippen LogP contribution < -0.4 is 5.32 Å². The fourth-order valence-corrected chi connectivity index (χ4v) is 2.12. The van der Waals surface area contributed by atoms with Crippen molar-refractivity contribution in [3.05, 3.63) is 0 Å². The Morgan fingerprint density at radius 3 is 2.65 bits per heavy atom. The molecule has 0 spiro atoms. The van der Waals surface area contributed by atoms with E-state index >= 15 is 0 Å². The monoisotopic (exact) mass is 244 g/mol. The van der Waals surface area contributed by atoms with E-state index in [1.54, 1.807) is 7.11 Å². The Hall–Kier alpha value is -0.650. The predicted molar refractivity (Wildman–Crippen MR) is 66.0 cm³/mol. The second kappa shape index (κ2) is 7.63. The van der Waals surface area contributed by atoms with Crippen LogP contribution in [0.3, 0.4) is 0 Å². The van der Waals surface area contributed by atoms with Gasteiger partial charge in [0.15, 0.2) is 0 Å². The summed E-state index contributed by atoms with van der Waals surface area (Å²) in [5.74, 6) is 0.0856. The number of carbonyl (C=O) groups is 1. The molecule has 2 atom stereocenters. The Labute approximate surface area is 103 Å². The number of ether oxygens (including phenoxy) is 2. The number of rotatable bonds is 6. The molecule has 1 amide bonds. The van der Waals surface area contributed by atoms with Gasteiger partial charge in [-0.05, 0) is 20.3 Å². The van der Waals surface area contributed by atoms with Gasteiger partial charge in [-0.25, -0.2) is 0 Å². The first kappa shape index (κ1) is 14.4. The van der Waals surface area contributed by atoms with Crippen LogP contribution in [0.15, 0.2) is 0 Å². The Morgan fingerprint density at radius 2 is 2.06 bits per heavy atom. The van der Waals surface area contributed by atoms with Crippen molar-refractivity contribution in [2.24, 2.45) is 0 Å². The van der Waals surface area contributed by atoms with Crippen LogP contribution in [0, 0.1) is 0 Å². The van der Waals surface area contributed by atoms with Crippen LogP contribution in [0.1, 0.15) is 20.3 Å². The van der Waals surface area contributed by atoms with E-state index in [4.69, 9.17) is 9.47 Å². The number of amides is 1. The molecule has 0 aliphatic carbocycles. The second-order valence-corrected chi connectivity index (χ2v) is 4.65. The highest BCUT2D eigenvalue weighted by atomic mass is 16.5. The first-order valence-electron chi connectivity index (χ1n) is 6.25. The molecule has 1 rings (SSSR count). The maximum absolute atomic E-state index is 11.7. The van der Waals surface area contributed by atoms with Crippen LogP contribution in [0.5, 0.6) is 0 Å². The first-order chi connectivity index (χ1) is 8.11. The van der Waals surface area contributed by atoms with Gasteiger partial charge in [0, 0.05) is 33.4 Å². The van der Waals surface area contributed by atoms with Gasteiger partial charge in [0.2, 0.25) is 5.91 Å². The SMILES string of the molecule is COCCCNC(=O)CN1CC(C)OC(C)C1. The van der Waals surface area contributed by atoms with Crippen molar-refractivity contribution < 1.29 is 14.3 Å². The summed E-state index contributed by atoms with van der Waals surface area (Å²) >= 11 is 0. The van der Waals surface area contributed by atoms with Crippen molar-refractivity contribution in [3.63, 3.8) is 0 Å². The third kappa shape index (κ3) is 6.00. The van der Waals surface area contributed by atoms with Gasteiger partial charge in [-0.15, -0.1) is 0 Å². The average Bonchev–Trinajstić information content (AvgIpc) is 2.23. The lowest BCUT2D eigenvalue weighted by molar-refractivity contribution is -0.126. The molecule has 1 aliphatic heterocycles. The predicted octanol–water partition coefficient (Wildman–Crippen LogP) is 0.248. The molecule has 1 fully saturated rings. The van der Waals surface area contributed by atoms with Gasteiger partial charge in [0.1, 0.15) is 0 Å². The van der Waals surface area contributed by atoms with Gasteiger partial charge in [-0.1, -0.05) is 0 Å². The molecule has 0 bridgehead atoms. The minimum absolute atomic E-state index is 0.0856. The zero-order valence-corrected chi connectivity index (χ0v) is 11.1. The van der Waals surface area contributed by atoms with Gasteiger partial charge < -0.3 is 14.8 Å². The molecule has 1 aliphatic rings. The summed E-state index contributed by atoms with van der Waals surface area (Å²) in [7, 11) is 1.67. The minimum atomic E-state index is 0.0856. The normalized spacial score (nSPS) is 25.8. The molecule has 0 aromatic rings. The smallest absolute Gasteiger partial charge is 0.234 e. The summed E-state index contributed by atoms with van der Waals surface area (Å²) in [5, 5.41) is 2.89. The molecule has 1 saturated heterocycles. The molecule has 5 nitrogen and oxygen atoms in total. The summed E-state index contributed by atoms with van der Waals surface area (Å²) in [5.41, 5.74) is 0. The Bertz CT molecular complexity index is 226. The number of hydrogen-bond acceptors (Lipinski definition) is 4. The molecular weight excluding hydrogens is 220 g/mol. The Balaban J connectivity index is 2.16. The van der Waals surface area contributed by atoms with Crippen molar-refractivity contribution >= 4 is 5.91 Å². The minimum Gasteiger partial charge on any atom is -0.385 e. The van der Waals surface area contributed by atoms with Gasteiger partial charge in [0.25, 0.3) is 0 Å². The van der Waals surface area contributed by atoms with E-state index in [9.17, 15) is 4.79 Å². The van der Waals surface area contributed by atoms with Crippen LogP contribution in [0.2, 0.25) is 0 Å². The van der Waals surface area contributed by atoms with Crippen LogP contribution in [0.25, 0.3) is 0 Å². The van der Waals surface area contributed by atoms with Crippen LogP contribution in [-0.2, 0) is 14.3 Å². The number of morpholine rings is 1. The summed E-state index contributed by atoms with van der Waals surface area (Å²) in [6.07, 6.45) is 1.28. The lowest BCUT2D eigenvalue weighted by Crippen LogP contribution is -2.49. The molecule has 0 radical (unpaired) electrons. The van der Waals surface area contributed by atoms with Crippen LogP contribution in [0.4, 0.5) is 0 Å². The van der Waals surface area contributed by atoms with Crippen molar-refractivity contribution in [2.75, 3.05) is 39.9 Å².